The Morgan fingerprint density at radius 3 is 2.53 bits per heavy atom. The molecule has 0 aliphatic rings. The monoisotopic (exact) mass is 247 g/mol. The van der Waals surface area contributed by atoms with Gasteiger partial charge in [-0.15, -0.1) is 15.7 Å². The van der Waals surface area contributed by atoms with Crippen molar-refractivity contribution in [3.05, 3.63) is 16.0 Å². The Labute approximate surface area is 92.1 Å². The standard InChI is InChI=1S/C8H9NO4S2/c1-3-5-4(2)6(8(10)11)7(14-5)9-15(12)13/h3H2,1-2H3,(H,10,11). The summed E-state index contributed by atoms with van der Waals surface area (Å²) in [6.07, 6.45) is 0.664. The molecule has 0 bridgehead atoms. The first kappa shape index (κ1) is 11.9. The highest BCUT2D eigenvalue weighted by molar-refractivity contribution is 7.62. The van der Waals surface area contributed by atoms with E-state index < -0.39 is 16.5 Å². The molecule has 0 aliphatic carbocycles. The first-order valence-corrected chi connectivity index (χ1v) is 5.98. The topological polar surface area (TPSA) is 83.8 Å². The van der Waals surface area contributed by atoms with Gasteiger partial charge in [0.2, 0.25) is 0 Å². The smallest absolute Gasteiger partial charge is 0.339 e. The van der Waals surface area contributed by atoms with Crippen LogP contribution in [0.5, 0.6) is 0 Å². The summed E-state index contributed by atoms with van der Waals surface area (Å²) >= 11 is 1.10. The maximum atomic E-state index is 10.9. The van der Waals surface area contributed by atoms with E-state index in [-0.39, 0.29) is 10.6 Å². The van der Waals surface area contributed by atoms with E-state index in [0.29, 0.717) is 12.0 Å². The van der Waals surface area contributed by atoms with E-state index in [1.807, 2.05) is 6.92 Å². The fourth-order valence-corrected chi connectivity index (χ4v) is 2.80. The number of carbonyl (C=O) groups is 1. The molecule has 0 atom stereocenters. The van der Waals surface area contributed by atoms with Crippen LogP contribution in [0.15, 0.2) is 4.36 Å². The van der Waals surface area contributed by atoms with Crippen molar-refractivity contribution in [2.75, 3.05) is 0 Å². The average molecular weight is 247 g/mol. The van der Waals surface area contributed by atoms with E-state index in [2.05, 4.69) is 4.36 Å². The van der Waals surface area contributed by atoms with Gasteiger partial charge in [-0.25, -0.2) is 4.79 Å². The Morgan fingerprint density at radius 2 is 2.13 bits per heavy atom. The minimum atomic E-state index is -2.62. The van der Waals surface area contributed by atoms with E-state index in [4.69, 9.17) is 5.11 Å². The third-order valence-electron chi connectivity index (χ3n) is 1.92. The number of hydrogen-bond acceptors (Lipinski definition) is 5. The molecule has 0 amide bonds. The third kappa shape index (κ3) is 2.42. The SMILES string of the molecule is CCc1sc(N=S(=O)=O)c(C(=O)O)c1C. The molecule has 0 saturated carbocycles. The van der Waals surface area contributed by atoms with Gasteiger partial charge < -0.3 is 5.11 Å². The summed E-state index contributed by atoms with van der Waals surface area (Å²) in [5.41, 5.74) is 0.584. The van der Waals surface area contributed by atoms with Gasteiger partial charge in [-0.1, -0.05) is 6.92 Å². The summed E-state index contributed by atoms with van der Waals surface area (Å²) in [6, 6.07) is 0. The number of aromatic carboxylic acids is 1. The molecule has 0 spiro atoms. The molecule has 0 aromatic carbocycles. The Balaban J connectivity index is 3.51. The Kier molecular flexibility index (Phi) is 3.59. The number of hydrogen-bond donors (Lipinski definition) is 1. The zero-order valence-electron chi connectivity index (χ0n) is 8.14. The van der Waals surface area contributed by atoms with Gasteiger partial charge in [-0.05, 0) is 18.9 Å². The minimum Gasteiger partial charge on any atom is -0.478 e. The summed E-state index contributed by atoms with van der Waals surface area (Å²) < 4.78 is 24.1. The van der Waals surface area contributed by atoms with E-state index in [0.717, 1.165) is 16.2 Å². The normalized spacial score (nSPS) is 10.0. The van der Waals surface area contributed by atoms with Crippen molar-refractivity contribution in [2.24, 2.45) is 4.36 Å². The number of carboxylic acid groups (broad SMARTS) is 1. The highest BCUT2D eigenvalue weighted by Crippen LogP contribution is 2.35. The molecule has 0 aliphatic heterocycles. The van der Waals surface area contributed by atoms with Crippen molar-refractivity contribution in [3.63, 3.8) is 0 Å². The molecule has 0 saturated heterocycles. The molecule has 0 unspecified atom stereocenters. The molecule has 5 nitrogen and oxygen atoms in total. The van der Waals surface area contributed by atoms with Gasteiger partial charge in [0.25, 0.3) is 0 Å². The summed E-state index contributed by atoms with van der Waals surface area (Å²) in [6.45, 7) is 3.54. The van der Waals surface area contributed by atoms with E-state index in [9.17, 15) is 13.2 Å². The van der Waals surface area contributed by atoms with Gasteiger partial charge in [-0.3, -0.25) is 0 Å². The van der Waals surface area contributed by atoms with Gasteiger partial charge in [-0.2, -0.15) is 8.42 Å². The number of rotatable bonds is 3. The van der Waals surface area contributed by atoms with Crippen molar-refractivity contribution < 1.29 is 18.3 Å². The van der Waals surface area contributed by atoms with E-state index >= 15 is 0 Å². The predicted octanol–water partition coefficient (Wildman–Crippen LogP) is 2.01. The second-order valence-electron chi connectivity index (χ2n) is 2.80. The van der Waals surface area contributed by atoms with Crippen LogP contribution >= 0.6 is 11.3 Å². The van der Waals surface area contributed by atoms with Crippen LogP contribution in [0.3, 0.4) is 0 Å². The van der Waals surface area contributed by atoms with Crippen LogP contribution in [-0.4, -0.2) is 19.5 Å². The molecule has 82 valence electrons. The van der Waals surface area contributed by atoms with Gasteiger partial charge >= 0.3 is 16.5 Å². The third-order valence-corrected chi connectivity index (χ3v) is 3.70. The predicted molar refractivity (Wildman–Crippen MR) is 56.4 cm³/mol. The summed E-state index contributed by atoms with van der Waals surface area (Å²) in [5, 5.41) is 8.96. The molecule has 1 heterocycles. The molecular weight excluding hydrogens is 238 g/mol. The second-order valence-corrected chi connectivity index (χ2v) is 4.50. The Hall–Kier alpha value is -1.21. The van der Waals surface area contributed by atoms with E-state index in [1.165, 1.54) is 0 Å². The molecule has 7 heteroatoms. The van der Waals surface area contributed by atoms with Crippen LogP contribution in [0, 0.1) is 6.92 Å². The maximum absolute atomic E-state index is 10.9. The number of thiophene rings is 1. The van der Waals surface area contributed by atoms with Crippen molar-refractivity contribution in [3.8, 4) is 0 Å². The average Bonchev–Trinajstić information content (AvgIpc) is 2.41. The highest BCUT2D eigenvalue weighted by atomic mass is 32.2. The molecular formula is C8H9NO4S2. The van der Waals surface area contributed by atoms with Gasteiger partial charge in [0.05, 0.1) is 0 Å². The number of carboxylic acids is 1. The lowest BCUT2D eigenvalue weighted by Gasteiger charge is -1.94. The number of aryl methyl sites for hydroxylation is 1. The van der Waals surface area contributed by atoms with Gasteiger partial charge in [0.15, 0.2) is 0 Å². The van der Waals surface area contributed by atoms with Crippen LogP contribution in [0.2, 0.25) is 0 Å². The zero-order valence-corrected chi connectivity index (χ0v) is 9.78. The van der Waals surface area contributed by atoms with Crippen molar-refractivity contribution in [1.29, 1.82) is 0 Å². The highest BCUT2D eigenvalue weighted by Gasteiger charge is 2.19. The van der Waals surface area contributed by atoms with Crippen molar-refractivity contribution in [2.45, 2.75) is 20.3 Å². The summed E-state index contributed by atoms with van der Waals surface area (Å²) in [7, 11) is -2.62. The second kappa shape index (κ2) is 4.54. The quantitative estimate of drug-likeness (QED) is 0.885. The van der Waals surface area contributed by atoms with Crippen LogP contribution < -0.4 is 0 Å². The summed E-state index contributed by atoms with van der Waals surface area (Å²) in [4.78, 5) is 11.7. The van der Waals surface area contributed by atoms with Gasteiger partial charge in [0, 0.05) is 4.88 Å². The van der Waals surface area contributed by atoms with Crippen molar-refractivity contribution >= 4 is 32.8 Å². The fourth-order valence-electron chi connectivity index (χ4n) is 1.27. The van der Waals surface area contributed by atoms with Gasteiger partial charge in [0.1, 0.15) is 10.6 Å². The molecule has 1 aromatic rings. The molecule has 0 fully saturated rings. The lowest BCUT2D eigenvalue weighted by Crippen LogP contribution is -1.97. The van der Waals surface area contributed by atoms with Crippen LogP contribution in [0.25, 0.3) is 0 Å². The van der Waals surface area contributed by atoms with Crippen LogP contribution in [0.4, 0.5) is 5.00 Å². The maximum Gasteiger partial charge on any atom is 0.339 e. The molecule has 1 N–H and O–H groups in total. The number of nitrogens with zero attached hydrogens (tertiary/aromatic N) is 1. The van der Waals surface area contributed by atoms with Crippen LogP contribution in [0.1, 0.15) is 27.7 Å². The lowest BCUT2D eigenvalue weighted by molar-refractivity contribution is 0.0697. The van der Waals surface area contributed by atoms with Crippen molar-refractivity contribution in [1.82, 2.24) is 0 Å². The zero-order chi connectivity index (χ0) is 11.6. The Bertz CT molecular complexity index is 519. The molecule has 0 radical (unpaired) electrons. The molecule has 1 rings (SSSR count). The fraction of sp³-hybridized carbons (Fsp3) is 0.375. The first-order valence-electron chi connectivity index (χ1n) is 4.14. The largest absolute Gasteiger partial charge is 0.478 e. The lowest BCUT2D eigenvalue weighted by atomic mass is 10.1. The molecule has 1 aromatic heterocycles. The molecule has 15 heavy (non-hydrogen) atoms. The van der Waals surface area contributed by atoms with E-state index in [1.54, 1.807) is 6.92 Å². The van der Waals surface area contributed by atoms with Crippen LogP contribution in [-0.2, 0) is 16.9 Å². The minimum absolute atomic E-state index is 0.0129. The Morgan fingerprint density at radius 1 is 1.53 bits per heavy atom. The summed E-state index contributed by atoms with van der Waals surface area (Å²) in [5.74, 6) is -1.15. The first-order chi connectivity index (χ1) is 6.97.